The molecule has 6 nitrogen and oxygen atoms in total. The number of hydrogen-bond donors (Lipinski definition) is 1. The van der Waals surface area contributed by atoms with Gasteiger partial charge in [0.2, 0.25) is 6.41 Å². The highest BCUT2D eigenvalue weighted by Gasteiger charge is 2.33. The van der Waals surface area contributed by atoms with E-state index in [9.17, 15) is 14.7 Å². The number of carboxylic acids is 1. The molecule has 1 amide bonds. The van der Waals surface area contributed by atoms with Gasteiger partial charge < -0.3 is 14.6 Å². The van der Waals surface area contributed by atoms with Crippen LogP contribution < -0.4 is 0 Å². The standard InChI is InChI=1S/C12H17N3O3/c1-2-5-14(8-16)11(12(17)18)10-6-13-7-15(10)9-3-4-9/h6-9,11H,2-5H2,1H3,(H,17,18). The molecule has 2 rings (SSSR count). The zero-order valence-electron chi connectivity index (χ0n) is 10.3. The van der Waals surface area contributed by atoms with Crippen LogP contribution >= 0.6 is 0 Å². The molecule has 1 saturated carbocycles. The third-order valence-corrected chi connectivity index (χ3v) is 3.10. The van der Waals surface area contributed by atoms with Crippen molar-refractivity contribution in [1.82, 2.24) is 14.5 Å². The first-order valence-electron chi connectivity index (χ1n) is 6.14. The Labute approximate surface area is 105 Å². The number of carboxylic acid groups (broad SMARTS) is 1. The predicted octanol–water partition coefficient (Wildman–Crippen LogP) is 1.21. The molecule has 6 heteroatoms. The summed E-state index contributed by atoms with van der Waals surface area (Å²) in [5, 5.41) is 9.36. The van der Waals surface area contributed by atoms with Crippen LogP contribution in [0.25, 0.3) is 0 Å². The summed E-state index contributed by atoms with van der Waals surface area (Å²) in [6, 6.07) is -0.593. The number of carbonyl (C=O) groups excluding carboxylic acids is 1. The van der Waals surface area contributed by atoms with Crippen LogP contribution in [0.5, 0.6) is 0 Å². The van der Waals surface area contributed by atoms with E-state index in [1.165, 1.54) is 4.90 Å². The lowest BCUT2D eigenvalue weighted by atomic mass is 10.2. The first-order valence-corrected chi connectivity index (χ1v) is 6.14. The summed E-state index contributed by atoms with van der Waals surface area (Å²) in [4.78, 5) is 27.8. The Morgan fingerprint density at radius 3 is 2.94 bits per heavy atom. The van der Waals surface area contributed by atoms with E-state index in [0.29, 0.717) is 24.7 Å². The fourth-order valence-electron chi connectivity index (χ4n) is 2.12. The first kappa shape index (κ1) is 12.6. The van der Waals surface area contributed by atoms with E-state index in [4.69, 9.17) is 0 Å². The van der Waals surface area contributed by atoms with Crippen molar-refractivity contribution in [2.75, 3.05) is 6.54 Å². The molecule has 0 aromatic carbocycles. The summed E-state index contributed by atoms with van der Waals surface area (Å²) >= 11 is 0. The van der Waals surface area contributed by atoms with Gasteiger partial charge in [0.25, 0.3) is 0 Å². The van der Waals surface area contributed by atoms with Crippen LogP contribution in [0.2, 0.25) is 0 Å². The van der Waals surface area contributed by atoms with Gasteiger partial charge in [0.05, 0.1) is 18.2 Å². The van der Waals surface area contributed by atoms with Crippen LogP contribution in [-0.2, 0) is 9.59 Å². The van der Waals surface area contributed by atoms with E-state index in [0.717, 1.165) is 19.3 Å². The molecular formula is C12H17N3O3. The number of rotatable bonds is 7. The fourth-order valence-corrected chi connectivity index (χ4v) is 2.12. The van der Waals surface area contributed by atoms with Gasteiger partial charge in [-0.2, -0.15) is 0 Å². The number of aliphatic carboxylic acids is 1. The molecule has 1 N–H and O–H groups in total. The monoisotopic (exact) mass is 251 g/mol. The molecule has 1 aliphatic rings. The third-order valence-electron chi connectivity index (χ3n) is 3.10. The van der Waals surface area contributed by atoms with Crippen molar-refractivity contribution in [3.63, 3.8) is 0 Å². The van der Waals surface area contributed by atoms with Crippen molar-refractivity contribution in [2.24, 2.45) is 0 Å². The molecule has 1 fully saturated rings. The van der Waals surface area contributed by atoms with Crippen LogP contribution in [-0.4, -0.2) is 38.5 Å². The van der Waals surface area contributed by atoms with Gasteiger partial charge in [0, 0.05) is 12.6 Å². The van der Waals surface area contributed by atoms with Gasteiger partial charge >= 0.3 is 5.97 Å². The predicted molar refractivity (Wildman–Crippen MR) is 63.9 cm³/mol. The molecule has 1 aliphatic carbocycles. The number of amides is 1. The molecule has 0 radical (unpaired) electrons. The van der Waals surface area contributed by atoms with E-state index >= 15 is 0 Å². The van der Waals surface area contributed by atoms with Gasteiger partial charge in [-0.1, -0.05) is 6.92 Å². The number of aromatic nitrogens is 2. The molecule has 0 aliphatic heterocycles. The highest BCUT2D eigenvalue weighted by atomic mass is 16.4. The van der Waals surface area contributed by atoms with Crippen molar-refractivity contribution >= 4 is 12.4 Å². The Bertz CT molecular complexity index is 440. The average Bonchev–Trinajstić information content (AvgIpc) is 3.08. The van der Waals surface area contributed by atoms with Gasteiger partial charge in [-0.25, -0.2) is 9.78 Å². The smallest absolute Gasteiger partial charge is 0.332 e. The van der Waals surface area contributed by atoms with Crippen molar-refractivity contribution in [2.45, 2.75) is 38.3 Å². The Balaban J connectivity index is 2.30. The van der Waals surface area contributed by atoms with Crippen molar-refractivity contribution < 1.29 is 14.7 Å². The summed E-state index contributed by atoms with van der Waals surface area (Å²) in [6.07, 6.45) is 6.61. The van der Waals surface area contributed by atoms with E-state index < -0.39 is 12.0 Å². The lowest BCUT2D eigenvalue weighted by Gasteiger charge is -2.25. The van der Waals surface area contributed by atoms with Crippen molar-refractivity contribution in [3.8, 4) is 0 Å². The summed E-state index contributed by atoms with van der Waals surface area (Å²) in [5.74, 6) is -1.02. The van der Waals surface area contributed by atoms with Crippen LogP contribution in [0.15, 0.2) is 12.5 Å². The van der Waals surface area contributed by atoms with Crippen LogP contribution in [0.4, 0.5) is 0 Å². The highest BCUT2D eigenvalue weighted by molar-refractivity contribution is 5.77. The average molecular weight is 251 g/mol. The second-order valence-electron chi connectivity index (χ2n) is 4.54. The quantitative estimate of drug-likeness (QED) is 0.739. The minimum atomic E-state index is -1.02. The fraction of sp³-hybridized carbons (Fsp3) is 0.583. The molecule has 0 bridgehead atoms. The molecule has 1 aromatic rings. The Morgan fingerprint density at radius 2 is 2.44 bits per heavy atom. The molecule has 1 aromatic heterocycles. The SMILES string of the molecule is CCCN(C=O)C(C(=O)O)c1cncn1C1CC1. The van der Waals surface area contributed by atoms with Crippen LogP contribution in [0.1, 0.15) is 44.0 Å². The number of hydrogen-bond acceptors (Lipinski definition) is 3. The maximum Gasteiger partial charge on any atom is 0.332 e. The number of nitrogens with zero attached hydrogens (tertiary/aromatic N) is 3. The van der Waals surface area contributed by atoms with Crippen LogP contribution in [0.3, 0.4) is 0 Å². The zero-order valence-corrected chi connectivity index (χ0v) is 10.3. The minimum absolute atomic E-state index is 0.347. The Morgan fingerprint density at radius 1 is 1.72 bits per heavy atom. The second kappa shape index (κ2) is 5.20. The van der Waals surface area contributed by atoms with Crippen LogP contribution in [0, 0.1) is 0 Å². The number of carbonyl (C=O) groups is 2. The lowest BCUT2D eigenvalue weighted by Crippen LogP contribution is -2.35. The number of imidazole rings is 1. The molecule has 1 atom stereocenters. The molecule has 1 unspecified atom stereocenters. The van der Waals surface area contributed by atoms with E-state index in [-0.39, 0.29) is 0 Å². The summed E-state index contributed by atoms with van der Waals surface area (Å²) in [6.45, 7) is 2.34. The van der Waals surface area contributed by atoms with Crippen molar-refractivity contribution in [3.05, 3.63) is 18.2 Å². The van der Waals surface area contributed by atoms with Gasteiger partial charge in [-0.3, -0.25) is 4.79 Å². The summed E-state index contributed by atoms with van der Waals surface area (Å²) in [7, 11) is 0. The van der Waals surface area contributed by atoms with Gasteiger partial charge in [0.15, 0.2) is 6.04 Å². The first-order chi connectivity index (χ1) is 8.69. The molecule has 0 saturated heterocycles. The van der Waals surface area contributed by atoms with Gasteiger partial charge in [-0.15, -0.1) is 0 Å². The topological polar surface area (TPSA) is 75.4 Å². The molecule has 0 spiro atoms. The zero-order chi connectivity index (χ0) is 13.1. The van der Waals surface area contributed by atoms with Gasteiger partial charge in [0.1, 0.15) is 0 Å². The lowest BCUT2D eigenvalue weighted by molar-refractivity contribution is -0.147. The third kappa shape index (κ3) is 2.37. The minimum Gasteiger partial charge on any atom is -0.479 e. The Kier molecular flexibility index (Phi) is 3.64. The molecule has 1 heterocycles. The van der Waals surface area contributed by atoms with Crippen molar-refractivity contribution in [1.29, 1.82) is 0 Å². The maximum absolute atomic E-state index is 11.4. The van der Waals surface area contributed by atoms with Gasteiger partial charge in [-0.05, 0) is 19.3 Å². The van der Waals surface area contributed by atoms with E-state index in [1.807, 2.05) is 11.5 Å². The summed E-state index contributed by atoms with van der Waals surface area (Å²) < 4.78 is 1.88. The van der Waals surface area contributed by atoms with E-state index in [2.05, 4.69) is 4.98 Å². The highest BCUT2D eigenvalue weighted by Crippen LogP contribution is 2.37. The maximum atomic E-state index is 11.4. The second-order valence-corrected chi connectivity index (χ2v) is 4.54. The Hall–Kier alpha value is -1.85. The summed E-state index contributed by atoms with van der Waals surface area (Å²) in [5.41, 5.74) is 0.588. The normalized spacial score (nSPS) is 16.3. The van der Waals surface area contributed by atoms with E-state index in [1.54, 1.807) is 12.5 Å². The molecular weight excluding hydrogens is 234 g/mol. The molecule has 98 valence electrons. The largest absolute Gasteiger partial charge is 0.479 e. The molecule has 18 heavy (non-hydrogen) atoms.